The minimum Gasteiger partial charge on any atom is -0.478 e. The van der Waals surface area contributed by atoms with E-state index in [1.54, 1.807) is 12.1 Å². The van der Waals surface area contributed by atoms with Crippen molar-refractivity contribution in [2.45, 2.75) is 25.3 Å². The molecule has 0 heterocycles. The van der Waals surface area contributed by atoms with Gasteiger partial charge in [-0.15, -0.1) is 0 Å². The highest BCUT2D eigenvalue weighted by molar-refractivity contribution is 5.98. The molecule has 3 aromatic rings. The first kappa shape index (κ1) is 16.3. The average Bonchev–Trinajstić information content (AvgIpc) is 2.67. The number of carbonyl (C=O) groups excluding carboxylic acids is 1. The molecule has 0 fully saturated rings. The molecule has 0 aromatic heterocycles. The number of hydrogen-bond donors (Lipinski definition) is 2. The van der Waals surface area contributed by atoms with Gasteiger partial charge in [0.25, 0.3) is 5.91 Å². The number of rotatable bonds is 3. The smallest absolute Gasteiger partial charge is 0.335 e. The van der Waals surface area contributed by atoms with E-state index in [9.17, 15) is 14.7 Å². The van der Waals surface area contributed by atoms with E-state index in [4.69, 9.17) is 0 Å². The van der Waals surface area contributed by atoms with E-state index >= 15 is 0 Å². The fourth-order valence-corrected chi connectivity index (χ4v) is 3.65. The van der Waals surface area contributed by atoms with Crippen molar-refractivity contribution in [2.75, 3.05) is 0 Å². The van der Waals surface area contributed by atoms with E-state index in [2.05, 4.69) is 5.32 Å². The lowest BCUT2D eigenvalue weighted by Gasteiger charge is -2.27. The second-order valence-corrected chi connectivity index (χ2v) is 6.70. The minimum absolute atomic E-state index is 0.130. The summed E-state index contributed by atoms with van der Waals surface area (Å²) in [5.74, 6) is -1.08. The van der Waals surface area contributed by atoms with Gasteiger partial charge in [-0.1, -0.05) is 36.4 Å². The molecule has 4 nitrogen and oxygen atoms in total. The number of fused-ring (bicyclic) bond motifs is 2. The van der Waals surface area contributed by atoms with Crippen molar-refractivity contribution in [3.63, 3.8) is 0 Å². The summed E-state index contributed by atoms with van der Waals surface area (Å²) in [5, 5.41) is 14.5. The summed E-state index contributed by atoms with van der Waals surface area (Å²) in [5.41, 5.74) is 2.91. The molecule has 0 saturated carbocycles. The number of carboxylic acids is 1. The Kier molecular flexibility index (Phi) is 4.17. The average molecular weight is 345 g/mol. The van der Waals surface area contributed by atoms with Crippen molar-refractivity contribution >= 4 is 22.6 Å². The van der Waals surface area contributed by atoms with E-state index in [0.717, 1.165) is 41.2 Å². The maximum Gasteiger partial charge on any atom is 0.335 e. The van der Waals surface area contributed by atoms with Crippen molar-refractivity contribution < 1.29 is 14.7 Å². The molecule has 130 valence electrons. The van der Waals surface area contributed by atoms with Crippen molar-refractivity contribution in [2.24, 2.45) is 0 Å². The zero-order valence-electron chi connectivity index (χ0n) is 14.2. The Morgan fingerprint density at radius 3 is 2.50 bits per heavy atom. The van der Waals surface area contributed by atoms with Gasteiger partial charge in [-0.25, -0.2) is 4.79 Å². The van der Waals surface area contributed by atoms with Gasteiger partial charge in [-0.3, -0.25) is 4.79 Å². The minimum atomic E-state index is -0.946. The standard InChI is InChI=1S/C22H19NO3/c24-21(17-10-8-14-4-1-2-5-16(14)12-17)23-20-7-3-6-15-9-11-18(22(25)26)13-19(15)20/h1-2,4-5,8-13,20H,3,6-7H2,(H,23,24)(H,25,26). The van der Waals surface area contributed by atoms with Crippen LogP contribution < -0.4 is 5.32 Å². The highest BCUT2D eigenvalue weighted by Crippen LogP contribution is 2.31. The summed E-state index contributed by atoms with van der Waals surface area (Å²) < 4.78 is 0. The first-order valence-corrected chi connectivity index (χ1v) is 8.77. The number of aryl methyl sites for hydroxylation is 1. The summed E-state index contributed by atoms with van der Waals surface area (Å²) in [7, 11) is 0. The number of aromatic carboxylic acids is 1. The highest BCUT2D eigenvalue weighted by atomic mass is 16.4. The third-order valence-corrected chi connectivity index (χ3v) is 5.02. The molecule has 0 bridgehead atoms. The molecule has 3 aromatic carbocycles. The summed E-state index contributed by atoms with van der Waals surface area (Å²) in [6.45, 7) is 0. The van der Waals surface area contributed by atoms with E-state index in [1.165, 1.54) is 0 Å². The Balaban J connectivity index is 1.62. The summed E-state index contributed by atoms with van der Waals surface area (Å²) >= 11 is 0. The van der Waals surface area contributed by atoms with Crippen molar-refractivity contribution in [3.05, 3.63) is 82.9 Å². The number of nitrogens with one attached hydrogen (secondary N) is 1. The molecule has 4 heteroatoms. The summed E-state index contributed by atoms with van der Waals surface area (Å²) in [6, 6.07) is 18.6. The molecule has 2 N–H and O–H groups in total. The van der Waals surface area contributed by atoms with E-state index in [0.29, 0.717) is 5.56 Å². The van der Waals surface area contributed by atoms with Gasteiger partial charge >= 0.3 is 5.97 Å². The normalized spacial score (nSPS) is 16.1. The monoisotopic (exact) mass is 345 g/mol. The predicted molar refractivity (Wildman–Crippen MR) is 100 cm³/mol. The molecule has 1 unspecified atom stereocenters. The molecular formula is C22H19NO3. The zero-order chi connectivity index (χ0) is 18.1. The first-order valence-electron chi connectivity index (χ1n) is 8.77. The quantitative estimate of drug-likeness (QED) is 0.742. The zero-order valence-corrected chi connectivity index (χ0v) is 14.2. The summed E-state index contributed by atoms with van der Waals surface area (Å²) in [4.78, 5) is 24.0. The van der Waals surface area contributed by atoms with Gasteiger partial charge in [-0.05, 0) is 65.4 Å². The molecule has 1 atom stereocenters. The van der Waals surface area contributed by atoms with E-state index in [-0.39, 0.29) is 17.5 Å². The van der Waals surface area contributed by atoms with E-state index < -0.39 is 5.97 Å². The number of carboxylic acid groups (broad SMARTS) is 1. The van der Waals surface area contributed by atoms with Gasteiger partial charge in [0.05, 0.1) is 11.6 Å². The van der Waals surface area contributed by atoms with Crippen LogP contribution >= 0.6 is 0 Å². The van der Waals surface area contributed by atoms with Crippen LogP contribution in [-0.4, -0.2) is 17.0 Å². The van der Waals surface area contributed by atoms with Crippen molar-refractivity contribution in [3.8, 4) is 0 Å². The fourth-order valence-electron chi connectivity index (χ4n) is 3.65. The molecule has 1 aliphatic rings. The van der Waals surface area contributed by atoms with Crippen LogP contribution in [0.3, 0.4) is 0 Å². The van der Waals surface area contributed by atoms with Gasteiger partial charge in [0.15, 0.2) is 0 Å². The molecule has 26 heavy (non-hydrogen) atoms. The molecule has 0 spiro atoms. The maximum absolute atomic E-state index is 12.8. The fraction of sp³-hybridized carbons (Fsp3) is 0.182. The van der Waals surface area contributed by atoms with Crippen LogP contribution in [0.5, 0.6) is 0 Å². The number of amides is 1. The lowest BCUT2D eigenvalue weighted by atomic mass is 9.86. The Hall–Kier alpha value is -3.14. The van der Waals surface area contributed by atoms with Gasteiger partial charge < -0.3 is 10.4 Å². The second-order valence-electron chi connectivity index (χ2n) is 6.70. The SMILES string of the molecule is O=C(O)c1ccc2c(c1)C(NC(=O)c1ccc3ccccc3c1)CCC2. The van der Waals surface area contributed by atoms with Gasteiger partial charge in [0, 0.05) is 5.56 Å². The van der Waals surface area contributed by atoms with Crippen LogP contribution in [0.1, 0.15) is 50.7 Å². The maximum atomic E-state index is 12.8. The van der Waals surface area contributed by atoms with E-state index in [1.807, 2.05) is 48.5 Å². The number of benzene rings is 3. The Morgan fingerprint density at radius 1 is 0.923 bits per heavy atom. The third-order valence-electron chi connectivity index (χ3n) is 5.02. The van der Waals surface area contributed by atoms with Crippen LogP contribution in [0.15, 0.2) is 60.7 Å². The van der Waals surface area contributed by atoms with Crippen molar-refractivity contribution in [1.82, 2.24) is 5.32 Å². The van der Waals surface area contributed by atoms with Crippen LogP contribution in [-0.2, 0) is 6.42 Å². The molecule has 4 rings (SSSR count). The molecule has 1 aliphatic carbocycles. The first-order chi connectivity index (χ1) is 12.6. The van der Waals surface area contributed by atoms with Crippen LogP contribution in [0, 0.1) is 0 Å². The lowest BCUT2D eigenvalue weighted by molar-refractivity contribution is 0.0696. The second kappa shape index (κ2) is 6.64. The number of hydrogen-bond acceptors (Lipinski definition) is 2. The topological polar surface area (TPSA) is 66.4 Å². The molecule has 0 saturated heterocycles. The van der Waals surface area contributed by atoms with Gasteiger partial charge in [-0.2, -0.15) is 0 Å². The lowest BCUT2D eigenvalue weighted by Crippen LogP contribution is -2.31. The summed E-state index contributed by atoms with van der Waals surface area (Å²) in [6.07, 6.45) is 2.70. The molecular weight excluding hydrogens is 326 g/mol. The van der Waals surface area contributed by atoms with Gasteiger partial charge in [0.1, 0.15) is 0 Å². The third kappa shape index (κ3) is 3.06. The highest BCUT2D eigenvalue weighted by Gasteiger charge is 2.23. The van der Waals surface area contributed by atoms with Crippen LogP contribution in [0.4, 0.5) is 0 Å². The Labute approximate surface area is 151 Å². The van der Waals surface area contributed by atoms with Gasteiger partial charge in [0.2, 0.25) is 0 Å². The van der Waals surface area contributed by atoms with Crippen molar-refractivity contribution in [1.29, 1.82) is 0 Å². The molecule has 1 amide bonds. The molecule has 0 radical (unpaired) electrons. The largest absolute Gasteiger partial charge is 0.478 e. The molecule has 0 aliphatic heterocycles. The Bertz CT molecular complexity index is 1010. The Morgan fingerprint density at radius 2 is 1.69 bits per heavy atom. The predicted octanol–water partition coefficient (Wildman–Crippen LogP) is 4.35. The number of carbonyl (C=O) groups is 2. The van der Waals surface area contributed by atoms with Crippen LogP contribution in [0.2, 0.25) is 0 Å². The van der Waals surface area contributed by atoms with Crippen LogP contribution in [0.25, 0.3) is 10.8 Å².